The number of nitrogens with one attached hydrogen (secondary N) is 1. The molecule has 1 aliphatic heterocycles. The Labute approximate surface area is 71.2 Å². The van der Waals surface area contributed by atoms with Crippen molar-refractivity contribution in [2.45, 2.75) is 30.6 Å². The molecule has 3 atom stereocenters. The molecule has 0 bridgehead atoms. The highest BCUT2D eigenvalue weighted by Gasteiger charge is 2.55. The molecule has 0 aromatic rings. The Morgan fingerprint density at radius 1 is 1.33 bits per heavy atom. The van der Waals surface area contributed by atoms with Gasteiger partial charge in [0.2, 0.25) is 0 Å². The first-order valence-corrected chi connectivity index (χ1v) is 4.42. The van der Waals surface area contributed by atoms with Gasteiger partial charge >= 0.3 is 0 Å². The van der Waals surface area contributed by atoms with Gasteiger partial charge in [0.05, 0.1) is 18.8 Å². The highest BCUT2D eigenvalue weighted by Crippen LogP contribution is 2.46. The average molecular weight is 173 g/mol. The molecule has 0 aromatic carbocycles. The van der Waals surface area contributed by atoms with Gasteiger partial charge in [-0.05, 0) is 12.8 Å². The second kappa shape index (κ2) is 2.67. The SMILES string of the molecule is OCC1C(O)C(O)CNC12CC2. The molecule has 0 amide bonds. The van der Waals surface area contributed by atoms with E-state index in [2.05, 4.69) is 5.32 Å². The monoisotopic (exact) mass is 173 g/mol. The third-order valence-corrected chi connectivity index (χ3v) is 3.16. The molecule has 0 aromatic heterocycles. The lowest BCUT2D eigenvalue weighted by atomic mass is 9.85. The van der Waals surface area contributed by atoms with Gasteiger partial charge in [0, 0.05) is 18.0 Å². The van der Waals surface area contributed by atoms with Gasteiger partial charge in [-0.15, -0.1) is 0 Å². The molecular formula is C8H15NO3. The molecule has 1 spiro atoms. The number of rotatable bonds is 1. The van der Waals surface area contributed by atoms with Crippen LogP contribution < -0.4 is 5.32 Å². The summed E-state index contributed by atoms with van der Waals surface area (Å²) in [5.41, 5.74) is -0.0621. The predicted molar refractivity (Wildman–Crippen MR) is 42.6 cm³/mol. The Hall–Kier alpha value is -0.160. The molecule has 1 saturated heterocycles. The van der Waals surface area contributed by atoms with Crippen LogP contribution in [0.5, 0.6) is 0 Å². The highest BCUT2D eigenvalue weighted by atomic mass is 16.3. The Balaban J connectivity index is 2.11. The summed E-state index contributed by atoms with van der Waals surface area (Å²) >= 11 is 0. The van der Waals surface area contributed by atoms with Crippen LogP contribution in [-0.2, 0) is 0 Å². The minimum absolute atomic E-state index is 0.0504. The molecule has 12 heavy (non-hydrogen) atoms. The smallest absolute Gasteiger partial charge is 0.0927 e. The second-order valence-corrected chi connectivity index (χ2v) is 3.88. The van der Waals surface area contributed by atoms with Crippen molar-refractivity contribution in [3.8, 4) is 0 Å². The zero-order valence-electron chi connectivity index (χ0n) is 6.90. The molecule has 1 saturated carbocycles. The van der Waals surface area contributed by atoms with Crippen molar-refractivity contribution in [3.05, 3.63) is 0 Å². The average Bonchev–Trinajstić information content (AvgIpc) is 2.81. The van der Waals surface area contributed by atoms with Crippen molar-refractivity contribution in [1.82, 2.24) is 5.32 Å². The molecule has 4 nitrogen and oxygen atoms in total. The van der Waals surface area contributed by atoms with Gasteiger partial charge in [-0.3, -0.25) is 0 Å². The number of hydrogen-bond donors (Lipinski definition) is 4. The van der Waals surface area contributed by atoms with E-state index in [1.165, 1.54) is 0 Å². The summed E-state index contributed by atoms with van der Waals surface area (Å²) < 4.78 is 0. The molecule has 1 aliphatic carbocycles. The van der Waals surface area contributed by atoms with E-state index in [0.29, 0.717) is 6.54 Å². The number of aliphatic hydroxyl groups is 3. The van der Waals surface area contributed by atoms with E-state index in [1.54, 1.807) is 0 Å². The van der Waals surface area contributed by atoms with E-state index in [-0.39, 0.29) is 18.1 Å². The summed E-state index contributed by atoms with van der Waals surface area (Å²) in [5, 5.41) is 31.1. The zero-order chi connectivity index (χ0) is 8.77. The zero-order valence-corrected chi connectivity index (χ0v) is 6.90. The molecule has 4 N–H and O–H groups in total. The van der Waals surface area contributed by atoms with Gasteiger partial charge in [0.1, 0.15) is 0 Å². The topological polar surface area (TPSA) is 72.7 Å². The van der Waals surface area contributed by atoms with Crippen molar-refractivity contribution < 1.29 is 15.3 Å². The molecule has 3 unspecified atom stereocenters. The third kappa shape index (κ3) is 1.07. The fraction of sp³-hybridized carbons (Fsp3) is 1.00. The normalized spacial score (nSPS) is 44.8. The fourth-order valence-electron chi connectivity index (χ4n) is 2.12. The van der Waals surface area contributed by atoms with Crippen LogP contribution in [0.4, 0.5) is 0 Å². The maximum absolute atomic E-state index is 9.56. The number of hydrogen-bond acceptors (Lipinski definition) is 4. The van der Waals surface area contributed by atoms with E-state index in [1.807, 2.05) is 0 Å². The van der Waals surface area contributed by atoms with Crippen LogP contribution in [-0.4, -0.2) is 46.2 Å². The summed E-state index contributed by atoms with van der Waals surface area (Å²) in [5.74, 6) is -0.193. The van der Waals surface area contributed by atoms with E-state index in [4.69, 9.17) is 5.11 Å². The van der Waals surface area contributed by atoms with Crippen LogP contribution in [0.25, 0.3) is 0 Å². The minimum atomic E-state index is -0.765. The molecule has 70 valence electrons. The van der Waals surface area contributed by atoms with Crippen LogP contribution in [0.2, 0.25) is 0 Å². The van der Waals surface area contributed by atoms with Crippen molar-refractivity contribution >= 4 is 0 Å². The predicted octanol–water partition coefficient (Wildman–Crippen LogP) is -1.55. The number of β-amino-alcohol motifs (C(OH)–C–C–N with tert-alkyl or cyclic N) is 1. The molecule has 0 radical (unpaired) electrons. The first-order chi connectivity index (χ1) is 5.69. The van der Waals surface area contributed by atoms with Gasteiger partial charge in [-0.25, -0.2) is 0 Å². The third-order valence-electron chi connectivity index (χ3n) is 3.16. The second-order valence-electron chi connectivity index (χ2n) is 3.88. The maximum Gasteiger partial charge on any atom is 0.0927 e. The van der Waals surface area contributed by atoms with Gasteiger partial charge in [-0.1, -0.05) is 0 Å². The van der Waals surface area contributed by atoms with Gasteiger partial charge in [0.15, 0.2) is 0 Å². The fourth-order valence-corrected chi connectivity index (χ4v) is 2.12. The van der Waals surface area contributed by atoms with E-state index >= 15 is 0 Å². The Kier molecular flexibility index (Phi) is 1.88. The molecule has 2 aliphatic rings. The Morgan fingerprint density at radius 2 is 2.00 bits per heavy atom. The van der Waals surface area contributed by atoms with Crippen molar-refractivity contribution in [2.24, 2.45) is 5.92 Å². The van der Waals surface area contributed by atoms with Crippen molar-refractivity contribution in [3.63, 3.8) is 0 Å². The summed E-state index contributed by atoms with van der Waals surface area (Å²) in [4.78, 5) is 0. The Morgan fingerprint density at radius 3 is 2.50 bits per heavy atom. The van der Waals surface area contributed by atoms with Crippen LogP contribution in [0.3, 0.4) is 0 Å². The highest BCUT2D eigenvalue weighted by molar-refractivity contribution is 5.12. The van der Waals surface area contributed by atoms with Crippen LogP contribution >= 0.6 is 0 Å². The number of aliphatic hydroxyl groups excluding tert-OH is 3. The van der Waals surface area contributed by atoms with Gasteiger partial charge in [-0.2, -0.15) is 0 Å². The largest absolute Gasteiger partial charge is 0.396 e. The van der Waals surface area contributed by atoms with Crippen LogP contribution in [0.15, 0.2) is 0 Å². The van der Waals surface area contributed by atoms with Crippen molar-refractivity contribution in [2.75, 3.05) is 13.2 Å². The lowest BCUT2D eigenvalue weighted by molar-refractivity contribution is -0.0722. The Bertz CT molecular complexity index is 181. The molecule has 4 heteroatoms. The molecule has 2 rings (SSSR count). The molecule has 2 fully saturated rings. The number of piperidine rings is 1. The first kappa shape index (κ1) is 8.44. The molecule has 1 heterocycles. The van der Waals surface area contributed by atoms with E-state index < -0.39 is 12.2 Å². The summed E-state index contributed by atoms with van der Waals surface area (Å²) in [6.45, 7) is 0.392. The standard InChI is InChI=1S/C8H15NO3/c10-4-5-7(12)6(11)3-9-8(5)1-2-8/h5-7,9-12H,1-4H2. The lowest BCUT2D eigenvalue weighted by Gasteiger charge is -2.38. The van der Waals surface area contributed by atoms with Gasteiger partial charge in [0.25, 0.3) is 0 Å². The maximum atomic E-state index is 9.56. The lowest BCUT2D eigenvalue weighted by Crippen LogP contribution is -2.59. The van der Waals surface area contributed by atoms with E-state index in [0.717, 1.165) is 12.8 Å². The van der Waals surface area contributed by atoms with Crippen molar-refractivity contribution in [1.29, 1.82) is 0 Å². The quantitative estimate of drug-likeness (QED) is 0.387. The van der Waals surface area contributed by atoms with Crippen LogP contribution in [0, 0.1) is 5.92 Å². The molecular weight excluding hydrogens is 158 g/mol. The summed E-state index contributed by atoms with van der Waals surface area (Å²) in [7, 11) is 0. The minimum Gasteiger partial charge on any atom is -0.396 e. The van der Waals surface area contributed by atoms with E-state index in [9.17, 15) is 10.2 Å². The first-order valence-electron chi connectivity index (χ1n) is 4.42. The van der Waals surface area contributed by atoms with Gasteiger partial charge < -0.3 is 20.6 Å². The van der Waals surface area contributed by atoms with Crippen LogP contribution in [0.1, 0.15) is 12.8 Å². The summed E-state index contributed by atoms with van der Waals surface area (Å²) in [6, 6.07) is 0. The summed E-state index contributed by atoms with van der Waals surface area (Å²) in [6.07, 6.45) is 0.511.